The van der Waals surface area contributed by atoms with E-state index in [4.69, 9.17) is 0 Å². The van der Waals surface area contributed by atoms with Gasteiger partial charge in [0.25, 0.3) is 0 Å². The third-order valence-corrected chi connectivity index (χ3v) is 0.605. The van der Waals surface area contributed by atoms with Gasteiger partial charge in [0.1, 0.15) is 0 Å². The summed E-state index contributed by atoms with van der Waals surface area (Å²) in [6.45, 7) is 11.2. The van der Waals surface area contributed by atoms with Gasteiger partial charge in [-0.15, -0.1) is 6.54 Å². The molecular weight excluding hydrogens is 336 g/mol. The second-order valence-electron chi connectivity index (χ2n) is 1.26. The molecular formula is C7H17NU. The summed E-state index contributed by atoms with van der Waals surface area (Å²) >= 11 is 0. The average Bonchev–Trinajstić information content (AvgIpc) is 1.88. The van der Waals surface area contributed by atoms with Crippen molar-refractivity contribution in [2.24, 2.45) is 0 Å². The zero-order valence-electron chi connectivity index (χ0n) is 6.78. The van der Waals surface area contributed by atoms with Crippen LogP contribution in [0.1, 0.15) is 27.2 Å². The second kappa shape index (κ2) is 23.0. The molecule has 0 amide bonds. The maximum atomic E-state index is 4.09. The minimum absolute atomic E-state index is 0. The van der Waals surface area contributed by atoms with E-state index in [1.165, 1.54) is 6.42 Å². The van der Waals surface area contributed by atoms with Crippen molar-refractivity contribution in [3.8, 4) is 0 Å². The minimum Gasteiger partial charge on any atom is -0.662 e. The SMILES string of the molecule is CCC[N-]CC.[CH2-]C.[U+2]. The molecule has 0 N–H and O–H groups in total. The van der Waals surface area contributed by atoms with Crippen LogP contribution in [0.5, 0.6) is 0 Å². The maximum absolute atomic E-state index is 4.09. The summed E-state index contributed by atoms with van der Waals surface area (Å²) in [5.74, 6) is 0. The van der Waals surface area contributed by atoms with Crippen LogP contribution in [0, 0.1) is 38.0 Å². The first kappa shape index (κ1) is 16.5. The Morgan fingerprint density at radius 3 is 1.78 bits per heavy atom. The normalized spacial score (nSPS) is 6.67. The van der Waals surface area contributed by atoms with Crippen LogP contribution in [-0.4, -0.2) is 13.1 Å². The van der Waals surface area contributed by atoms with Crippen molar-refractivity contribution in [2.75, 3.05) is 13.1 Å². The van der Waals surface area contributed by atoms with Gasteiger partial charge in [-0.2, -0.15) is 13.5 Å². The quantitative estimate of drug-likeness (QED) is 0.547. The summed E-state index contributed by atoms with van der Waals surface area (Å²) in [7, 11) is 0. The van der Waals surface area contributed by atoms with Gasteiger partial charge in [-0.05, 0) is 0 Å². The van der Waals surface area contributed by atoms with E-state index in [2.05, 4.69) is 26.1 Å². The molecule has 0 aromatic heterocycles. The fraction of sp³-hybridized carbons (Fsp3) is 0.857. The standard InChI is InChI=1S/C5H12N.C2H5.U/c1-3-5-6-4-2;1-2;/h3-5H2,1-2H3;1H2,2H3;/q2*-1;+2. The van der Waals surface area contributed by atoms with Crippen molar-refractivity contribution >= 4 is 0 Å². The van der Waals surface area contributed by atoms with E-state index >= 15 is 0 Å². The van der Waals surface area contributed by atoms with Crippen LogP contribution in [0.15, 0.2) is 0 Å². The predicted molar refractivity (Wildman–Crippen MR) is 40.1 cm³/mol. The van der Waals surface area contributed by atoms with Gasteiger partial charge >= 0.3 is 31.1 Å². The van der Waals surface area contributed by atoms with Gasteiger partial charge in [0.2, 0.25) is 0 Å². The van der Waals surface area contributed by atoms with Crippen molar-refractivity contribution in [1.29, 1.82) is 0 Å². The number of hydrogen-bond acceptors (Lipinski definition) is 0. The molecule has 0 aromatic rings. The first-order valence-corrected chi connectivity index (χ1v) is 3.25. The van der Waals surface area contributed by atoms with E-state index in [0.717, 1.165) is 13.1 Å². The van der Waals surface area contributed by atoms with Crippen molar-refractivity contribution < 1.29 is 31.1 Å². The van der Waals surface area contributed by atoms with Crippen LogP contribution in [0.4, 0.5) is 0 Å². The van der Waals surface area contributed by atoms with Gasteiger partial charge in [-0.1, -0.05) is 20.3 Å². The van der Waals surface area contributed by atoms with Gasteiger partial charge < -0.3 is 12.2 Å². The molecule has 0 spiro atoms. The molecule has 0 bridgehead atoms. The molecule has 0 aromatic carbocycles. The Morgan fingerprint density at radius 2 is 1.67 bits per heavy atom. The molecule has 0 aliphatic rings. The Labute approximate surface area is 83.4 Å². The van der Waals surface area contributed by atoms with Crippen LogP contribution in [-0.2, 0) is 0 Å². The largest absolute Gasteiger partial charge is 2.00 e. The molecule has 0 unspecified atom stereocenters. The van der Waals surface area contributed by atoms with E-state index in [0.29, 0.717) is 0 Å². The summed E-state index contributed by atoms with van der Waals surface area (Å²) < 4.78 is 0. The van der Waals surface area contributed by atoms with Crippen molar-refractivity contribution in [1.82, 2.24) is 0 Å². The Morgan fingerprint density at radius 1 is 1.22 bits per heavy atom. The minimum atomic E-state index is 0. The van der Waals surface area contributed by atoms with E-state index in [-0.39, 0.29) is 31.1 Å². The molecule has 1 nitrogen and oxygen atoms in total. The van der Waals surface area contributed by atoms with Gasteiger partial charge in [-0.3, -0.25) is 0 Å². The Balaban J connectivity index is -0.000000109. The summed E-state index contributed by atoms with van der Waals surface area (Å²) in [5, 5.41) is 4.09. The van der Waals surface area contributed by atoms with Gasteiger partial charge in [-0.25, -0.2) is 0 Å². The molecule has 0 fully saturated rings. The molecule has 0 radical (unpaired) electrons. The average molecular weight is 353 g/mol. The van der Waals surface area contributed by atoms with Gasteiger partial charge in [0.05, 0.1) is 0 Å². The van der Waals surface area contributed by atoms with Crippen molar-refractivity contribution in [3.63, 3.8) is 0 Å². The van der Waals surface area contributed by atoms with Crippen molar-refractivity contribution in [2.45, 2.75) is 27.2 Å². The molecule has 2 heteroatoms. The fourth-order valence-electron chi connectivity index (χ4n) is 0.316. The molecule has 0 aliphatic carbocycles. The molecule has 0 atom stereocenters. The molecule has 0 rings (SSSR count). The van der Waals surface area contributed by atoms with E-state index in [1.807, 2.05) is 0 Å². The third-order valence-electron chi connectivity index (χ3n) is 0.605. The third kappa shape index (κ3) is 27.5. The van der Waals surface area contributed by atoms with Gasteiger partial charge in [0, 0.05) is 0 Å². The molecule has 0 saturated heterocycles. The van der Waals surface area contributed by atoms with Crippen LogP contribution >= 0.6 is 0 Å². The summed E-state index contributed by atoms with van der Waals surface area (Å²) in [6.07, 6.45) is 1.19. The molecule has 54 valence electrons. The number of nitrogens with zero attached hydrogens (tertiary/aromatic N) is 1. The van der Waals surface area contributed by atoms with Crippen LogP contribution in [0.2, 0.25) is 0 Å². The first-order chi connectivity index (χ1) is 3.91. The second-order valence-corrected chi connectivity index (χ2v) is 1.26. The smallest absolute Gasteiger partial charge is 0.662 e. The first-order valence-electron chi connectivity index (χ1n) is 3.25. The van der Waals surface area contributed by atoms with E-state index < -0.39 is 0 Å². The summed E-state index contributed by atoms with van der Waals surface area (Å²) in [6, 6.07) is 0. The van der Waals surface area contributed by atoms with E-state index in [9.17, 15) is 0 Å². The Kier molecular flexibility index (Phi) is 42.3. The molecule has 0 saturated carbocycles. The maximum Gasteiger partial charge on any atom is 2.00 e. The Bertz CT molecular complexity index is 20.9. The molecule has 9 heavy (non-hydrogen) atoms. The predicted octanol–water partition coefficient (Wildman–Crippen LogP) is 2.63. The zero-order chi connectivity index (χ0) is 6.83. The Hall–Kier alpha value is 1.01. The monoisotopic (exact) mass is 353 g/mol. The zero-order valence-corrected chi connectivity index (χ0v) is 10.9. The van der Waals surface area contributed by atoms with Crippen LogP contribution in [0.3, 0.4) is 0 Å². The van der Waals surface area contributed by atoms with E-state index in [1.54, 1.807) is 6.92 Å². The number of rotatable bonds is 3. The fourth-order valence-corrected chi connectivity index (χ4v) is 0.316. The van der Waals surface area contributed by atoms with Crippen LogP contribution < -0.4 is 0 Å². The van der Waals surface area contributed by atoms with Crippen molar-refractivity contribution in [3.05, 3.63) is 12.2 Å². The topological polar surface area (TPSA) is 14.1 Å². The number of hydrogen-bond donors (Lipinski definition) is 0. The summed E-state index contributed by atoms with van der Waals surface area (Å²) in [4.78, 5) is 0. The van der Waals surface area contributed by atoms with Gasteiger partial charge in [0.15, 0.2) is 0 Å². The molecule has 0 aliphatic heterocycles. The van der Waals surface area contributed by atoms with Crippen LogP contribution in [0.25, 0.3) is 5.32 Å². The molecule has 0 heterocycles. The summed E-state index contributed by atoms with van der Waals surface area (Å²) in [5.41, 5.74) is 0.